The molecule has 2 aliphatic rings. The zero-order valence-electron chi connectivity index (χ0n) is 12.9. The molecule has 1 saturated carbocycles. The molecule has 2 fully saturated rings. The molecule has 0 aromatic carbocycles. The van der Waals surface area contributed by atoms with Crippen molar-refractivity contribution in [1.82, 2.24) is 9.96 Å². The summed E-state index contributed by atoms with van der Waals surface area (Å²) < 4.78 is 5.44. The van der Waals surface area contributed by atoms with Gasteiger partial charge in [0.05, 0.1) is 7.11 Å². The maximum Gasteiger partial charge on any atom is 0.411 e. The first kappa shape index (κ1) is 15.1. The molecule has 0 spiro atoms. The van der Waals surface area contributed by atoms with Crippen molar-refractivity contribution in [2.75, 3.05) is 14.2 Å². The lowest BCUT2D eigenvalue weighted by Crippen LogP contribution is -2.54. The molecule has 0 aromatic heterocycles. The number of carbonyl (C=O) groups excluding carboxylic acids is 2. The molecule has 20 heavy (non-hydrogen) atoms. The summed E-state index contributed by atoms with van der Waals surface area (Å²) in [7, 11) is 3.02. The molecular formula is C14H24N2O4. The van der Waals surface area contributed by atoms with Crippen molar-refractivity contribution in [2.45, 2.75) is 57.7 Å². The van der Waals surface area contributed by atoms with Gasteiger partial charge < -0.3 is 4.74 Å². The van der Waals surface area contributed by atoms with E-state index in [1.807, 2.05) is 20.8 Å². The third kappa shape index (κ3) is 2.75. The van der Waals surface area contributed by atoms with Crippen LogP contribution >= 0.6 is 0 Å². The summed E-state index contributed by atoms with van der Waals surface area (Å²) in [6.45, 7) is 5.49. The summed E-state index contributed by atoms with van der Waals surface area (Å²) in [5.74, 6) is 0.0446. The Morgan fingerprint density at radius 2 is 1.90 bits per heavy atom. The van der Waals surface area contributed by atoms with Crippen molar-refractivity contribution in [3.05, 3.63) is 0 Å². The lowest BCUT2D eigenvalue weighted by atomic mass is 9.98. The largest absolute Gasteiger partial charge is 0.444 e. The van der Waals surface area contributed by atoms with Crippen LogP contribution in [0.25, 0.3) is 0 Å². The van der Waals surface area contributed by atoms with Gasteiger partial charge in [0.1, 0.15) is 11.6 Å². The fourth-order valence-electron chi connectivity index (χ4n) is 3.16. The summed E-state index contributed by atoms with van der Waals surface area (Å²) in [4.78, 5) is 31.4. The van der Waals surface area contributed by atoms with E-state index in [0.29, 0.717) is 0 Å². The van der Waals surface area contributed by atoms with Crippen molar-refractivity contribution in [3.8, 4) is 0 Å². The summed E-state index contributed by atoms with van der Waals surface area (Å²) >= 11 is 0. The lowest BCUT2D eigenvalue weighted by Gasteiger charge is -2.36. The van der Waals surface area contributed by atoms with Crippen LogP contribution in [0.3, 0.4) is 0 Å². The van der Waals surface area contributed by atoms with Crippen LogP contribution in [0.1, 0.15) is 40.0 Å². The summed E-state index contributed by atoms with van der Waals surface area (Å²) in [5.41, 5.74) is -0.556. The van der Waals surface area contributed by atoms with Gasteiger partial charge in [-0.3, -0.25) is 14.5 Å². The van der Waals surface area contributed by atoms with Gasteiger partial charge in [-0.05, 0) is 46.0 Å². The Bertz CT molecular complexity index is 404. The quantitative estimate of drug-likeness (QED) is 0.725. The zero-order valence-corrected chi connectivity index (χ0v) is 12.9. The molecular weight excluding hydrogens is 260 g/mol. The van der Waals surface area contributed by atoms with E-state index >= 15 is 0 Å². The van der Waals surface area contributed by atoms with Gasteiger partial charge in [0.15, 0.2) is 0 Å². The standard InChI is InChI=1S/C14H24N2O4/c1-14(2,3)20-13(18)16-10-7-6-9(8-10)11(16)12(17)15(4)19-5/h9-11H,6-8H2,1-5H3. The van der Waals surface area contributed by atoms with Crippen LogP contribution in [0.5, 0.6) is 0 Å². The molecule has 114 valence electrons. The van der Waals surface area contributed by atoms with Crippen LogP contribution in [0, 0.1) is 5.92 Å². The Labute approximate surface area is 119 Å². The number of carbonyl (C=O) groups is 2. The Kier molecular flexibility index (Phi) is 3.95. The lowest BCUT2D eigenvalue weighted by molar-refractivity contribution is -0.175. The second-order valence-corrected chi connectivity index (χ2v) is 6.58. The fourth-order valence-corrected chi connectivity index (χ4v) is 3.16. The maximum atomic E-state index is 12.4. The summed E-state index contributed by atoms with van der Waals surface area (Å²) in [6, 6.07) is -0.331. The van der Waals surface area contributed by atoms with Crippen LogP contribution in [-0.2, 0) is 14.4 Å². The molecule has 0 radical (unpaired) electrons. The zero-order chi connectivity index (χ0) is 15.1. The number of hydrogen-bond donors (Lipinski definition) is 0. The van der Waals surface area contributed by atoms with Crippen LogP contribution in [-0.4, -0.2) is 53.8 Å². The average molecular weight is 284 g/mol. The van der Waals surface area contributed by atoms with E-state index < -0.39 is 17.7 Å². The first-order chi connectivity index (χ1) is 9.24. The predicted molar refractivity (Wildman–Crippen MR) is 72.8 cm³/mol. The van der Waals surface area contributed by atoms with Gasteiger partial charge in [0, 0.05) is 13.1 Å². The van der Waals surface area contributed by atoms with Crippen LogP contribution in [0.2, 0.25) is 0 Å². The number of likely N-dealkylation sites (N-methyl/N-ethyl adjacent to an activating group) is 1. The minimum Gasteiger partial charge on any atom is -0.444 e. The van der Waals surface area contributed by atoms with E-state index in [1.165, 1.54) is 12.2 Å². The minimum atomic E-state index is -0.556. The number of hydroxylamine groups is 2. The van der Waals surface area contributed by atoms with Gasteiger partial charge in [-0.25, -0.2) is 9.86 Å². The van der Waals surface area contributed by atoms with E-state index in [2.05, 4.69) is 0 Å². The highest BCUT2D eigenvalue weighted by molar-refractivity contribution is 5.86. The average Bonchev–Trinajstić information content (AvgIpc) is 2.94. The molecule has 2 bridgehead atoms. The van der Waals surface area contributed by atoms with Gasteiger partial charge in [-0.2, -0.15) is 0 Å². The molecule has 0 aromatic rings. The van der Waals surface area contributed by atoms with Gasteiger partial charge in [-0.1, -0.05) is 0 Å². The van der Waals surface area contributed by atoms with E-state index in [1.54, 1.807) is 11.9 Å². The monoisotopic (exact) mass is 284 g/mol. The third-order valence-corrected chi connectivity index (χ3v) is 4.03. The molecule has 6 nitrogen and oxygen atoms in total. The summed E-state index contributed by atoms with van der Waals surface area (Å²) in [5, 5.41) is 1.20. The smallest absolute Gasteiger partial charge is 0.411 e. The molecule has 1 aliphatic heterocycles. The molecule has 3 atom stereocenters. The molecule has 1 saturated heterocycles. The SMILES string of the molecule is CON(C)C(=O)C1C2CCC(C2)N1C(=O)OC(C)(C)C. The maximum absolute atomic E-state index is 12.4. The number of ether oxygens (including phenoxy) is 1. The van der Waals surface area contributed by atoms with E-state index in [9.17, 15) is 9.59 Å². The van der Waals surface area contributed by atoms with Gasteiger partial charge >= 0.3 is 6.09 Å². The molecule has 2 amide bonds. The van der Waals surface area contributed by atoms with Gasteiger partial charge in [0.25, 0.3) is 5.91 Å². The van der Waals surface area contributed by atoms with E-state index in [4.69, 9.17) is 9.57 Å². The van der Waals surface area contributed by atoms with Crippen LogP contribution in [0.4, 0.5) is 4.79 Å². The van der Waals surface area contributed by atoms with Crippen molar-refractivity contribution in [2.24, 2.45) is 5.92 Å². The predicted octanol–water partition coefficient (Wildman–Crippen LogP) is 1.79. The first-order valence-electron chi connectivity index (χ1n) is 7.07. The highest BCUT2D eigenvalue weighted by Crippen LogP contribution is 2.43. The molecule has 6 heteroatoms. The number of nitrogens with zero attached hydrogens (tertiary/aromatic N) is 2. The number of fused-ring (bicyclic) bond motifs is 2. The van der Waals surface area contributed by atoms with E-state index in [-0.39, 0.29) is 17.9 Å². The number of likely N-dealkylation sites (tertiary alicyclic amines) is 1. The second kappa shape index (κ2) is 5.24. The van der Waals surface area contributed by atoms with Gasteiger partial charge in [0.2, 0.25) is 0 Å². The number of piperidine rings is 1. The molecule has 1 heterocycles. The summed E-state index contributed by atoms with van der Waals surface area (Å²) in [6.07, 6.45) is 2.42. The van der Waals surface area contributed by atoms with Crippen LogP contribution < -0.4 is 0 Å². The Hall–Kier alpha value is -1.30. The Morgan fingerprint density at radius 3 is 2.45 bits per heavy atom. The number of amides is 2. The molecule has 3 unspecified atom stereocenters. The van der Waals surface area contributed by atoms with Crippen LogP contribution in [0.15, 0.2) is 0 Å². The molecule has 1 aliphatic carbocycles. The van der Waals surface area contributed by atoms with Gasteiger partial charge in [-0.15, -0.1) is 0 Å². The topological polar surface area (TPSA) is 59.1 Å². The first-order valence-corrected chi connectivity index (χ1v) is 7.07. The van der Waals surface area contributed by atoms with Crippen molar-refractivity contribution < 1.29 is 19.2 Å². The Balaban J connectivity index is 2.17. The Morgan fingerprint density at radius 1 is 1.25 bits per heavy atom. The molecule has 0 N–H and O–H groups in total. The number of hydrogen-bond acceptors (Lipinski definition) is 4. The fraction of sp³-hybridized carbons (Fsp3) is 0.857. The molecule has 2 rings (SSSR count). The number of rotatable bonds is 2. The highest BCUT2D eigenvalue weighted by atomic mass is 16.7. The highest BCUT2D eigenvalue weighted by Gasteiger charge is 2.53. The second-order valence-electron chi connectivity index (χ2n) is 6.58. The minimum absolute atomic E-state index is 0.119. The third-order valence-electron chi connectivity index (χ3n) is 4.03. The van der Waals surface area contributed by atoms with E-state index in [0.717, 1.165) is 19.3 Å². The van der Waals surface area contributed by atoms with Crippen molar-refractivity contribution in [1.29, 1.82) is 0 Å². The normalized spacial score (nSPS) is 28.6. The van der Waals surface area contributed by atoms with Crippen molar-refractivity contribution >= 4 is 12.0 Å². The van der Waals surface area contributed by atoms with Crippen molar-refractivity contribution in [3.63, 3.8) is 0 Å².